The summed E-state index contributed by atoms with van der Waals surface area (Å²) in [6, 6.07) is 2.76. The summed E-state index contributed by atoms with van der Waals surface area (Å²) in [4.78, 5) is 0. The average molecular weight is 462 g/mol. The standard InChI is InChI=1S/C25H39NOS2Si/c1-22-12-13-25(28-14-15-29-25)16-18(22)6-7-19-20(22)8-10-23(2)21(19)9-11-24(23,17-26)27-30(3,4)5/h16,19-21H,6-15H2,1-5H3/t19?,20?,21?,22-,23-,24-/m0/s1. The van der Waals surface area contributed by atoms with Gasteiger partial charge in [0.05, 0.1) is 10.1 Å². The summed E-state index contributed by atoms with van der Waals surface area (Å²) in [5.41, 5.74) is 1.69. The SMILES string of the molecule is C[C@]12CCC3(C=C1CCC1C2CC[C@@]2(C)C1CC[C@@]2(C#N)O[Si](C)(C)C)SCCS3. The van der Waals surface area contributed by atoms with E-state index in [1.807, 2.05) is 0 Å². The van der Waals surface area contributed by atoms with Gasteiger partial charge in [-0.25, -0.2) is 0 Å². The third-order valence-electron chi connectivity index (χ3n) is 9.68. The van der Waals surface area contributed by atoms with Crippen LogP contribution in [0, 0.1) is 39.9 Å². The van der Waals surface area contributed by atoms with Crippen LogP contribution in [-0.4, -0.2) is 29.5 Å². The molecular weight excluding hydrogens is 423 g/mol. The second kappa shape index (κ2) is 7.05. The number of rotatable bonds is 2. The van der Waals surface area contributed by atoms with Gasteiger partial charge in [0.25, 0.3) is 0 Å². The molecule has 1 aliphatic heterocycles. The summed E-state index contributed by atoms with van der Waals surface area (Å²) in [6.45, 7) is 11.8. The van der Waals surface area contributed by atoms with Crippen molar-refractivity contribution in [3.05, 3.63) is 11.6 Å². The summed E-state index contributed by atoms with van der Waals surface area (Å²) in [5, 5.41) is 10.4. The predicted octanol–water partition coefficient (Wildman–Crippen LogP) is 7.24. The zero-order chi connectivity index (χ0) is 21.4. The molecule has 0 aromatic carbocycles. The molecule has 0 aromatic rings. The highest BCUT2D eigenvalue weighted by molar-refractivity contribution is 8.21. The third kappa shape index (κ3) is 3.06. The van der Waals surface area contributed by atoms with Crippen molar-refractivity contribution < 1.29 is 4.43 Å². The van der Waals surface area contributed by atoms with Gasteiger partial charge in [-0.05, 0) is 94.2 Å². The van der Waals surface area contributed by atoms with Crippen molar-refractivity contribution >= 4 is 31.8 Å². The smallest absolute Gasteiger partial charge is 0.185 e. The Morgan fingerprint density at radius 2 is 1.70 bits per heavy atom. The van der Waals surface area contributed by atoms with E-state index < -0.39 is 13.9 Å². The maximum absolute atomic E-state index is 10.4. The van der Waals surface area contributed by atoms with Gasteiger partial charge in [-0.15, -0.1) is 23.5 Å². The van der Waals surface area contributed by atoms with E-state index in [2.05, 4.69) is 69.2 Å². The van der Waals surface area contributed by atoms with Crippen molar-refractivity contribution in [3.8, 4) is 6.07 Å². The molecular formula is C25H39NOS2Si. The molecule has 1 heterocycles. The van der Waals surface area contributed by atoms with E-state index in [-0.39, 0.29) is 5.41 Å². The second-order valence-corrected chi connectivity index (χ2v) is 19.7. The number of nitriles is 1. The van der Waals surface area contributed by atoms with E-state index in [0.717, 1.165) is 18.3 Å². The topological polar surface area (TPSA) is 33.0 Å². The molecule has 0 radical (unpaired) electrons. The Labute approximate surface area is 193 Å². The lowest BCUT2D eigenvalue weighted by Gasteiger charge is -2.60. The average Bonchev–Trinajstić information content (AvgIpc) is 3.24. The molecule has 5 heteroatoms. The van der Waals surface area contributed by atoms with E-state index >= 15 is 0 Å². The van der Waals surface area contributed by atoms with E-state index in [1.54, 1.807) is 5.57 Å². The Kier molecular flexibility index (Phi) is 5.15. The normalized spacial score (nSPS) is 47.2. The van der Waals surface area contributed by atoms with E-state index in [9.17, 15) is 5.26 Å². The first-order valence-electron chi connectivity index (χ1n) is 12.2. The van der Waals surface area contributed by atoms with Crippen molar-refractivity contribution in [2.75, 3.05) is 11.5 Å². The highest BCUT2D eigenvalue weighted by atomic mass is 32.2. The third-order valence-corrected chi connectivity index (χ3v) is 14.0. The largest absolute Gasteiger partial charge is 0.399 e. The summed E-state index contributed by atoms with van der Waals surface area (Å²) in [6.07, 6.45) is 12.7. The predicted molar refractivity (Wildman–Crippen MR) is 132 cm³/mol. The van der Waals surface area contributed by atoms with Gasteiger partial charge in [0, 0.05) is 16.9 Å². The molecule has 1 spiro atoms. The van der Waals surface area contributed by atoms with Gasteiger partial charge in [0.2, 0.25) is 0 Å². The van der Waals surface area contributed by atoms with Crippen LogP contribution in [0.2, 0.25) is 19.6 Å². The molecule has 2 nitrogen and oxygen atoms in total. The lowest BCUT2D eigenvalue weighted by atomic mass is 9.46. The molecule has 0 bridgehead atoms. The first-order chi connectivity index (χ1) is 14.1. The Morgan fingerprint density at radius 3 is 2.37 bits per heavy atom. The van der Waals surface area contributed by atoms with Gasteiger partial charge < -0.3 is 4.43 Å². The maximum atomic E-state index is 10.4. The molecule has 5 rings (SSSR count). The van der Waals surface area contributed by atoms with Crippen LogP contribution in [0.3, 0.4) is 0 Å². The summed E-state index contributed by atoms with van der Waals surface area (Å²) in [7, 11) is -1.78. The molecule has 4 fully saturated rings. The van der Waals surface area contributed by atoms with Gasteiger partial charge in [0.15, 0.2) is 8.32 Å². The molecule has 0 amide bonds. The number of hydrogen-bond acceptors (Lipinski definition) is 4. The quantitative estimate of drug-likeness (QED) is 0.320. The molecule has 4 aliphatic carbocycles. The first-order valence-corrected chi connectivity index (χ1v) is 17.6. The summed E-state index contributed by atoms with van der Waals surface area (Å²) < 4.78 is 7.15. The maximum Gasteiger partial charge on any atom is 0.185 e. The molecule has 30 heavy (non-hydrogen) atoms. The molecule has 0 N–H and O–H groups in total. The lowest BCUT2D eigenvalue weighted by Crippen LogP contribution is -2.57. The molecule has 1 saturated heterocycles. The van der Waals surface area contributed by atoms with Crippen LogP contribution in [0.4, 0.5) is 0 Å². The van der Waals surface area contributed by atoms with E-state index in [1.165, 1.54) is 56.5 Å². The number of nitrogens with zero attached hydrogens (tertiary/aromatic N) is 1. The highest BCUT2D eigenvalue weighted by Gasteiger charge is 2.66. The van der Waals surface area contributed by atoms with Crippen LogP contribution in [-0.2, 0) is 4.43 Å². The van der Waals surface area contributed by atoms with Gasteiger partial charge >= 0.3 is 0 Å². The Bertz CT molecular complexity index is 794. The van der Waals surface area contributed by atoms with Gasteiger partial charge in [-0.2, -0.15) is 5.26 Å². The van der Waals surface area contributed by atoms with Crippen LogP contribution in [0.1, 0.15) is 65.2 Å². The minimum absolute atomic E-state index is 0.0355. The Hall–Kier alpha value is 0.107. The van der Waals surface area contributed by atoms with Gasteiger partial charge in [-0.3, -0.25) is 0 Å². The lowest BCUT2D eigenvalue weighted by molar-refractivity contribution is -0.0934. The molecule has 3 saturated carbocycles. The van der Waals surface area contributed by atoms with Crippen LogP contribution in [0.15, 0.2) is 11.6 Å². The number of allylic oxidation sites excluding steroid dienone is 1. The van der Waals surface area contributed by atoms with Crippen LogP contribution in [0.25, 0.3) is 0 Å². The number of hydrogen-bond donors (Lipinski definition) is 0. The van der Waals surface area contributed by atoms with Crippen LogP contribution in [0.5, 0.6) is 0 Å². The van der Waals surface area contributed by atoms with E-state index in [4.69, 9.17) is 4.43 Å². The Balaban J connectivity index is 1.45. The fourth-order valence-electron chi connectivity index (χ4n) is 8.27. The van der Waals surface area contributed by atoms with E-state index in [0.29, 0.717) is 15.4 Å². The number of fused-ring (bicyclic) bond motifs is 5. The van der Waals surface area contributed by atoms with Gasteiger partial charge in [0.1, 0.15) is 5.60 Å². The van der Waals surface area contributed by atoms with Crippen molar-refractivity contribution in [2.24, 2.45) is 28.6 Å². The summed E-state index contributed by atoms with van der Waals surface area (Å²) in [5.74, 6) is 4.91. The minimum atomic E-state index is -1.78. The molecule has 6 atom stereocenters. The van der Waals surface area contributed by atoms with Gasteiger partial charge in [-0.1, -0.05) is 25.5 Å². The monoisotopic (exact) mass is 461 g/mol. The summed E-state index contributed by atoms with van der Waals surface area (Å²) >= 11 is 4.42. The highest BCUT2D eigenvalue weighted by Crippen LogP contribution is 2.69. The van der Waals surface area contributed by atoms with Crippen molar-refractivity contribution in [1.29, 1.82) is 5.26 Å². The number of thioether (sulfide) groups is 2. The zero-order valence-corrected chi connectivity index (χ0v) is 22.2. The fraction of sp³-hybridized carbons (Fsp3) is 0.880. The van der Waals surface area contributed by atoms with Crippen molar-refractivity contribution in [3.63, 3.8) is 0 Å². The fourth-order valence-corrected chi connectivity index (χ4v) is 12.8. The first kappa shape index (κ1) is 21.9. The van der Waals surface area contributed by atoms with Crippen LogP contribution >= 0.6 is 23.5 Å². The Morgan fingerprint density at radius 1 is 1.00 bits per heavy atom. The minimum Gasteiger partial charge on any atom is -0.399 e. The molecule has 0 aromatic heterocycles. The second-order valence-electron chi connectivity index (χ2n) is 12.2. The zero-order valence-electron chi connectivity index (χ0n) is 19.6. The van der Waals surface area contributed by atoms with Crippen molar-refractivity contribution in [2.45, 2.75) is 94.5 Å². The molecule has 3 unspecified atom stereocenters. The molecule has 166 valence electrons. The molecule has 5 aliphatic rings. The van der Waals surface area contributed by atoms with Crippen molar-refractivity contribution in [1.82, 2.24) is 0 Å². The van der Waals surface area contributed by atoms with Crippen LogP contribution < -0.4 is 0 Å².